The summed E-state index contributed by atoms with van der Waals surface area (Å²) in [5.74, 6) is 0.0733. The van der Waals surface area contributed by atoms with Crippen LogP contribution in [-0.4, -0.2) is 10.9 Å². The zero-order valence-corrected chi connectivity index (χ0v) is 13.6. The Morgan fingerprint density at radius 1 is 1.04 bits per heavy atom. The maximum absolute atomic E-state index is 12.3. The topological polar surface area (TPSA) is 44.9 Å². The molecule has 1 heterocycles. The maximum atomic E-state index is 12.3. The van der Waals surface area contributed by atoms with E-state index in [4.69, 9.17) is 0 Å². The number of carbonyl (C=O) groups excluding carboxylic acids is 1. The van der Waals surface area contributed by atoms with Crippen molar-refractivity contribution in [2.75, 3.05) is 0 Å². The zero-order valence-electron chi connectivity index (χ0n) is 13.6. The van der Waals surface area contributed by atoms with Gasteiger partial charge in [-0.1, -0.05) is 48.5 Å². The number of aryl methyl sites for hydroxylation is 1. The van der Waals surface area contributed by atoms with Crippen LogP contribution in [0.3, 0.4) is 0 Å². The normalized spacial score (nSPS) is 11.6. The molecule has 3 heteroatoms. The van der Waals surface area contributed by atoms with Crippen LogP contribution in [0.15, 0.2) is 60.8 Å². The van der Waals surface area contributed by atoms with Gasteiger partial charge in [0.2, 0.25) is 5.91 Å². The van der Waals surface area contributed by atoms with Crippen molar-refractivity contribution in [3.05, 3.63) is 71.9 Å². The summed E-state index contributed by atoms with van der Waals surface area (Å²) in [4.78, 5) is 15.6. The predicted molar refractivity (Wildman–Crippen MR) is 94.2 cm³/mol. The van der Waals surface area contributed by atoms with Crippen molar-refractivity contribution in [2.24, 2.45) is 0 Å². The fourth-order valence-corrected chi connectivity index (χ4v) is 2.92. The third-order valence-electron chi connectivity index (χ3n) is 4.24. The smallest absolute Gasteiger partial charge is 0.221 e. The minimum atomic E-state index is -0.363. The lowest BCUT2D eigenvalue weighted by atomic mass is 9.94. The van der Waals surface area contributed by atoms with E-state index in [0.29, 0.717) is 6.42 Å². The van der Waals surface area contributed by atoms with Crippen LogP contribution < -0.4 is 5.32 Å². The number of carbonyl (C=O) groups is 1. The quantitative estimate of drug-likeness (QED) is 0.730. The number of hydrogen-bond acceptors (Lipinski definition) is 1. The van der Waals surface area contributed by atoms with Crippen molar-refractivity contribution in [1.29, 1.82) is 0 Å². The van der Waals surface area contributed by atoms with E-state index in [1.807, 2.05) is 62.5 Å². The third kappa shape index (κ3) is 3.45. The number of amides is 1. The number of H-pyrrole nitrogens is 1. The van der Waals surface area contributed by atoms with Gasteiger partial charge in [-0.3, -0.25) is 4.79 Å². The first-order valence-electron chi connectivity index (χ1n) is 7.98. The summed E-state index contributed by atoms with van der Waals surface area (Å²) in [5, 5.41) is 4.33. The predicted octanol–water partition coefficient (Wildman–Crippen LogP) is 4.15. The summed E-state index contributed by atoms with van der Waals surface area (Å²) in [6.07, 6.45) is 3.22. The molecule has 0 aliphatic heterocycles. The Kier molecular flexibility index (Phi) is 4.20. The van der Waals surface area contributed by atoms with Crippen molar-refractivity contribution in [3.8, 4) is 0 Å². The van der Waals surface area contributed by atoms with Crippen molar-refractivity contribution in [1.82, 2.24) is 10.3 Å². The lowest BCUT2D eigenvalue weighted by Crippen LogP contribution is -2.41. The first kappa shape index (κ1) is 15.3. The number of hydrogen-bond donors (Lipinski definition) is 2. The highest BCUT2D eigenvalue weighted by Gasteiger charge is 2.22. The minimum absolute atomic E-state index is 0.0733. The number of fused-ring (bicyclic) bond motifs is 1. The van der Waals surface area contributed by atoms with Gasteiger partial charge in [-0.2, -0.15) is 0 Å². The molecule has 0 fully saturated rings. The Morgan fingerprint density at radius 2 is 1.74 bits per heavy atom. The molecule has 0 saturated heterocycles. The van der Waals surface area contributed by atoms with Gasteiger partial charge in [0.05, 0.1) is 5.54 Å². The second-order valence-corrected chi connectivity index (χ2v) is 6.40. The van der Waals surface area contributed by atoms with Crippen LogP contribution in [0, 0.1) is 0 Å². The largest absolute Gasteiger partial charge is 0.361 e. The summed E-state index contributed by atoms with van der Waals surface area (Å²) < 4.78 is 0. The van der Waals surface area contributed by atoms with Crippen LogP contribution in [0.5, 0.6) is 0 Å². The monoisotopic (exact) mass is 306 g/mol. The van der Waals surface area contributed by atoms with E-state index >= 15 is 0 Å². The highest BCUT2D eigenvalue weighted by atomic mass is 16.1. The molecule has 1 amide bonds. The molecule has 0 spiro atoms. The van der Waals surface area contributed by atoms with Gasteiger partial charge >= 0.3 is 0 Å². The second kappa shape index (κ2) is 6.29. The molecule has 23 heavy (non-hydrogen) atoms. The molecule has 118 valence electrons. The lowest BCUT2D eigenvalue weighted by molar-refractivity contribution is -0.122. The van der Waals surface area contributed by atoms with E-state index in [9.17, 15) is 4.79 Å². The Balaban J connectivity index is 1.64. The van der Waals surface area contributed by atoms with Gasteiger partial charge in [-0.05, 0) is 37.5 Å². The summed E-state index contributed by atoms with van der Waals surface area (Å²) >= 11 is 0. The van der Waals surface area contributed by atoms with Crippen LogP contribution >= 0.6 is 0 Å². The van der Waals surface area contributed by atoms with E-state index in [1.165, 1.54) is 10.9 Å². The zero-order chi connectivity index (χ0) is 16.3. The number of rotatable bonds is 5. The Morgan fingerprint density at radius 3 is 2.52 bits per heavy atom. The number of aromatic nitrogens is 1. The van der Waals surface area contributed by atoms with Gasteiger partial charge in [0.1, 0.15) is 0 Å². The van der Waals surface area contributed by atoms with Crippen LogP contribution in [-0.2, 0) is 16.8 Å². The van der Waals surface area contributed by atoms with Crippen molar-refractivity contribution >= 4 is 16.8 Å². The van der Waals surface area contributed by atoms with E-state index in [1.54, 1.807) is 0 Å². The average molecular weight is 306 g/mol. The molecule has 0 unspecified atom stereocenters. The maximum Gasteiger partial charge on any atom is 0.221 e. The van der Waals surface area contributed by atoms with E-state index in [2.05, 4.69) is 22.4 Å². The summed E-state index contributed by atoms with van der Waals surface area (Å²) in [7, 11) is 0. The SMILES string of the molecule is CC(C)(NC(=O)CCc1c[nH]c2ccccc12)c1ccccc1. The van der Waals surface area contributed by atoms with Crippen molar-refractivity contribution in [2.45, 2.75) is 32.2 Å². The standard InChI is InChI=1S/C20H22N2O/c1-20(2,16-8-4-3-5-9-16)22-19(23)13-12-15-14-21-18-11-7-6-10-17(15)18/h3-11,14,21H,12-13H2,1-2H3,(H,22,23). The molecule has 0 atom stereocenters. The molecule has 0 aliphatic carbocycles. The van der Waals surface area contributed by atoms with Gasteiger partial charge in [-0.15, -0.1) is 0 Å². The number of para-hydroxylation sites is 1. The average Bonchev–Trinajstić information content (AvgIpc) is 2.97. The number of nitrogens with one attached hydrogen (secondary N) is 2. The van der Waals surface area contributed by atoms with Crippen LogP contribution in [0.25, 0.3) is 10.9 Å². The van der Waals surface area contributed by atoms with Gasteiger partial charge in [0.15, 0.2) is 0 Å². The molecule has 0 bridgehead atoms. The van der Waals surface area contributed by atoms with Crippen molar-refractivity contribution < 1.29 is 4.79 Å². The molecular formula is C20H22N2O. The van der Waals surface area contributed by atoms with Gasteiger partial charge in [0, 0.05) is 23.5 Å². The van der Waals surface area contributed by atoms with Gasteiger partial charge in [-0.25, -0.2) is 0 Å². The molecule has 3 rings (SSSR count). The molecule has 2 N–H and O–H groups in total. The molecule has 3 nitrogen and oxygen atoms in total. The molecule has 0 radical (unpaired) electrons. The van der Waals surface area contributed by atoms with Crippen molar-refractivity contribution in [3.63, 3.8) is 0 Å². The molecule has 2 aromatic carbocycles. The number of benzene rings is 2. The highest BCUT2D eigenvalue weighted by Crippen LogP contribution is 2.21. The van der Waals surface area contributed by atoms with Gasteiger partial charge in [0.25, 0.3) is 0 Å². The molecule has 1 aromatic heterocycles. The Labute approximate surface area is 136 Å². The van der Waals surface area contributed by atoms with Crippen LogP contribution in [0.1, 0.15) is 31.4 Å². The first-order valence-corrected chi connectivity index (χ1v) is 7.98. The Hall–Kier alpha value is -2.55. The van der Waals surface area contributed by atoms with E-state index < -0.39 is 0 Å². The Bertz CT molecular complexity index is 803. The fraction of sp³-hybridized carbons (Fsp3) is 0.250. The summed E-state index contributed by atoms with van der Waals surface area (Å²) in [5.41, 5.74) is 3.06. The third-order valence-corrected chi connectivity index (χ3v) is 4.24. The van der Waals surface area contributed by atoms with Crippen LogP contribution in [0.2, 0.25) is 0 Å². The summed E-state index contributed by atoms with van der Waals surface area (Å²) in [6, 6.07) is 18.2. The van der Waals surface area contributed by atoms with Gasteiger partial charge < -0.3 is 10.3 Å². The van der Waals surface area contributed by atoms with E-state index in [0.717, 1.165) is 17.5 Å². The summed E-state index contributed by atoms with van der Waals surface area (Å²) in [6.45, 7) is 4.07. The molecule has 0 aliphatic rings. The first-order chi connectivity index (χ1) is 11.1. The molecular weight excluding hydrogens is 284 g/mol. The second-order valence-electron chi connectivity index (χ2n) is 6.40. The molecule has 3 aromatic rings. The molecule has 0 saturated carbocycles. The highest BCUT2D eigenvalue weighted by molar-refractivity contribution is 5.84. The van der Waals surface area contributed by atoms with E-state index in [-0.39, 0.29) is 11.4 Å². The lowest BCUT2D eigenvalue weighted by Gasteiger charge is -2.27. The fourth-order valence-electron chi connectivity index (χ4n) is 2.92. The number of aromatic amines is 1. The minimum Gasteiger partial charge on any atom is -0.361 e. The van der Waals surface area contributed by atoms with Crippen LogP contribution in [0.4, 0.5) is 0 Å².